The summed E-state index contributed by atoms with van der Waals surface area (Å²) in [6, 6.07) is 4.52. The lowest BCUT2D eigenvalue weighted by Crippen LogP contribution is -2.33. The van der Waals surface area contributed by atoms with Crippen LogP contribution in [0.3, 0.4) is 0 Å². The highest BCUT2D eigenvalue weighted by Crippen LogP contribution is 2.32. The Hall–Kier alpha value is -2.39. The number of nitrogens with zero attached hydrogens (tertiary/aromatic N) is 1. The third-order valence-electron chi connectivity index (χ3n) is 2.95. The molecule has 6 nitrogen and oxygen atoms in total. The van der Waals surface area contributed by atoms with Crippen molar-refractivity contribution in [1.29, 1.82) is 0 Å². The minimum Gasteiger partial charge on any atom is -0.388 e. The Morgan fingerprint density at radius 1 is 1.38 bits per heavy atom. The van der Waals surface area contributed by atoms with E-state index in [1.54, 1.807) is 0 Å². The monoisotopic (exact) mass is 343 g/mol. The van der Waals surface area contributed by atoms with Crippen LogP contribution in [0, 0.1) is 0 Å². The molecule has 130 valence electrons. The summed E-state index contributed by atoms with van der Waals surface area (Å²) in [6.07, 6.45) is -3.31. The van der Waals surface area contributed by atoms with Crippen LogP contribution in [0.2, 0.25) is 0 Å². The van der Waals surface area contributed by atoms with Gasteiger partial charge in [0.15, 0.2) is 0 Å². The minimum atomic E-state index is -4.49. The first-order valence-corrected chi connectivity index (χ1v) is 6.93. The Kier molecular flexibility index (Phi) is 4.95. The maximum absolute atomic E-state index is 12.8. The molecule has 0 aliphatic carbocycles. The number of aliphatic hydroxyl groups is 1. The first-order chi connectivity index (χ1) is 11.1. The van der Waals surface area contributed by atoms with Crippen LogP contribution in [-0.4, -0.2) is 33.4 Å². The van der Waals surface area contributed by atoms with Crippen LogP contribution in [-0.2, 0) is 11.0 Å². The number of alkyl halides is 3. The van der Waals surface area contributed by atoms with Crippen LogP contribution in [0.15, 0.2) is 30.5 Å². The van der Waals surface area contributed by atoms with E-state index in [4.69, 9.17) is 4.84 Å². The molecule has 0 bridgehead atoms. The molecular formula is C15H16F3N3O3. The van der Waals surface area contributed by atoms with E-state index in [9.17, 15) is 23.1 Å². The molecule has 9 heteroatoms. The largest absolute Gasteiger partial charge is 0.416 e. The summed E-state index contributed by atoms with van der Waals surface area (Å²) in [5.74, 6) is -0.694. The van der Waals surface area contributed by atoms with Gasteiger partial charge in [0.1, 0.15) is 6.61 Å². The van der Waals surface area contributed by atoms with Crippen molar-refractivity contribution in [2.45, 2.75) is 25.6 Å². The number of H-pyrrole nitrogens is 1. The molecule has 1 aromatic heterocycles. The number of carbonyl (C=O) groups excluding carboxylic acids is 1. The van der Waals surface area contributed by atoms with E-state index in [0.29, 0.717) is 0 Å². The number of rotatable bonds is 5. The molecule has 0 fully saturated rings. The lowest BCUT2D eigenvalue weighted by atomic mass is 10.0. The van der Waals surface area contributed by atoms with Crippen LogP contribution in [0.25, 0.3) is 11.3 Å². The quantitative estimate of drug-likeness (QED) is 0.728. The third-order valence-corrected chi connectivity index (χ3v) is 2.95. The van der Waals surface area contributed by atoms with Gasteiger partial charge in [-0.1, -0.05) is 12.1 Å². The fraction of sp³-hybridized carbons (Fsp3) is 0.333. The van der Waals surface area contributed by atoms with Crippen LogP contribution >= 0.6 is 0 Å². The summed E-state index contributed by atoms with van der Waals surface area (Å²) in [6.45, 7) is 2.83. The number of aromatic amines is 1. The maximum Gasteiger partial charge on any atom is 0.416 e. The molecule has 2 rings (SSSR count). The number of nitrogens with one attached hydrogen (secondary N) is 2. The summed E-state index contributed by atoms with van der Waals surface area (Å²) in [5, 5.41) is 15.7. The fourth-order valence-corrected chi connectivity index (χ4v) is 1.86. The molecule has 0 aliphatic heterocycles. The summed E-state index contributed by atoms with van der Waals surface area (Å²) in [4.78, 5) is 16.9. The fourth-order valence-electron chi connectivity index (χ4n) is 1.86. The average molecular weight is 343 g/mol. The predicted molar refractivity (Wildman–Crippen MR) is 78.7 cm³/mol. The molecule has 0 atom stereocenters. The van der Waals surface area contributed by atoms with Crippen molar-refractivity contribution < 1.29 is 27.9 Å². The Balaban J connectivity index is 2.20. The van der Waals surface area contributed by atoms with Crippen molar-refractivity contribution in [2.24, 2.45) is 0 Å². The van der Waals surface area contributed by atoms with Crippen molar-refractivity contribution in [2.75, 3.05) is 6.61 Å². The van der Waals surface area contributed by atoms with Crippen LogP contribution in [0.5, 0.6) is 0 Å². The van der Waals surface area contributed by atoms with Gasteiger partial charge in [-0.3, -0.25) is 14.7 Å². The lowest BCUT2D eigenvalue weighted by molar-refractivity contribution is -0.137. The summed E-state index contributed by atoms with van der Waals surface area (Å²) in [7, 11) is 0. The lowest BCUT2D eigenvalue weighted by Gasteiger charge is -2.16. The zero-order valence-corrected chi connectivity index (χ0v) is 12.9. The van der Waals surface area contributed by atoms with E-state index in [1.807, 2.05) is 0 Å². The van der Waals surface area contributed by atoms with Crippen molar-refractivity contribution in [3.8, 4) is 11.3 Å². The Morgan fingerprint density at radius 3 is 2.71 bits per heavy atom. The second-order valence-electron chi connectivity index (χ2n) is 5.77. The highest BCUT2D eigenvalue weighted by molar-refractivity contribution is 5.99. The number of carbonyl (C=O) groups is 1. The normalized spacial score (nSPS) is 12.2. The third kappa shape index (κ3) is 4.56. The number of hydroxylamine groups is 1. The topological polar surface area (TPSA) is 87.2 Å². The summed E-state index contributed by atoms with van der Waals surface area (Å²) < 4.78 is 38.4. The zero-order valence-electron chi connectivity index (χ0n) is 12.9. The number of aromatic nitrogens is 2. The number of hydrogen-bond acceptors (Lipinski definition) is 4. The number of amides is 1. The molecule has 0 saturated carbocycles. The Morgan fingerprint density at radius 2 is 2.08 bits per heavy atom. The van der Waals surface area contributed by atoms with E-state index in [0.717, 1.165) is 12.1 Å². The molecule has 1 amide bonds. The SMILES string of the molecule is CC(C)(O)CONC(=O)c1cn[nH]c1-c1cccc(C(F)(F)F)c1. The van der Waals surface area contributed by atoms with Crippen LogP contribution in [0.1, 0.15) is 29.8 Å². The Labute approximate surface area is 135 Å². The van der Waals surface area contributed by atoms with Gasteiger partial charge < -0.3 is 5.11 Å². The van der Waals surface area contributed by atoms with Gasteiger partial charge in [0.05, 0.1) is 28.6 Å². The molecule has 2 aromatic rings. The van der Waals surface area contributed by atoms with Crippen LogP contribution in [0.4, 0.5) is 13.2 Å². The van der Waals surface area contributed by atoms with E-state index in [1.165, 1.54) is 32.2 Å². The average Bonchev–Trinajstić information content (AvgIpc) is 2.94. The van der Waals surface area contributed by atoms with Crippen molar-refractivity contribution in [1.82, 2.24) is 15.7 Å². The molecule has 0 unspecified atom stereocenters. The standard InChI is InChI=1S/C15H16F3N3O3/c1-14(2,23)8-24-21-13(22)11-7-19-20-12(11)9-4-3-5-10(6-9)15(16,17)18/h3-7,23H,8H2,1-2H3,(H,19,20)(H,21,22). The van der Waals surface area contributed by atoms with Gasteiger partial charge in [0, 0.05) is 5.56 Å². The van der Waals surface area contributed by atoms with Gasteiger partial charge in [0.2, 0.25) is 0 Å². The first-order valence-electron chi connectivity index (χ1n) is 6.93. The number of benzene rings is 1. The number of hydrogen-bond donors (Lipinski definition) is 3. The van der Waals surface area contributed by atoms with Crippen molar-refractivity contribution in [3.63, 3.8) is 0 Å². The molecule has 1 heterocycles. The highest BCUT2D eigenvalue weighted by Gasteiger charge is 2.31. The molecule has 1 aromatic carbocycles. The molecule has 0 saturated heterocycles. The van der Waals surface area contributed by atoms with Gasteiger partial charge in [0.25, 0.3) is 5.91 Å². The molecule has 0 aliphatic rings. The van der Waals surface area contributed by atoms with Gasteiger partial charge in [-0.15, -0.1) is 0 Å². The van der Waals surface area contributed by atoms with E-state index < -0.39 is 23.2 Å². The Bertz CT molecular complexity index is 720. The second kappa shape index (κ2) is 6.62. The van der Waals surface area contributed by atoms with Crippen molar-refractivity contribution in [3.05, 3.63) is 41.6 Å². The molecule has 24 heavy (non-hydrogen) atoms. The van der Waals surface area contributed by atoms with Crippen molar-refractivity contribution >= 4 is 5.91 Å². The summed E-state index contributed by atoms with van der Waals surface area (Å²) in [5.41, 5.74) is 0.447. The zero-order chi connectivity index (χ0) is 18.0. The summed E-state index contributed by atoms with van der Waals surface area (Å²) >= 11 is 0. The van der Waals surface area contributed by atoms with E-state index in [-0.39, 0.29) is 23.4 Å². The molecule has 0 radical (unpaired) electrons. The molecule has 0 spiro atoms. The van der Waals surface area contributed by atoms with E-state index >= 15 is 0 Å². The van der Waals surface area contributed by atoms with E-state index in [2.05, 4.69) is 15.7 Å². The molecular weight excluding hydrogens is 327 g/mol. The van der Waals surface area contributed by atoms with Crippen LogP contribution < -0.4 is 5.48 Å². The van der Waals surface area contributed by atoms with Gasteiger partial charge in [-0.2, -0.15) is 18.3 Å². The van der Waals surface area contributed by atoms with Gasteiger partial charge >= 0.3 is 6.18 Å². The minimum absolute atomic E-state index is 0.0186. The predicted octanol–water partition coefficient (Wildman–Crippen LogP) is 2.53. The highest BCUT2D eigenvalue weighted by atomic mass is 19.4. The smallest absolute Gasteiger partial charge is 0.388 e. The maximum atomic E-state index is 12.8. The first kappa shape index (κ1) is 18.0. The number of halogens is 3. The van der Waals surface area contributed by atoms with Gasteiger partial charge in [-0.05, 0) is 26.0 Å². The molecule has 3 N–H and O–H groups in total. The van der Waals surface area contributed by atoms with Gasteiger partial charge in [-0.25, -0.2) is 5.48 Å². The second-order valence-corrected chi connectivity index (χ2v) is 5.77.